The molecule has 0 rings (SSSR count). The van der Waals surface area contributed by atoms with E-state index in [1.807, 2.05) is 20.8 Å². The van der Waals surface area contributed by atoms with E-state index in [2.05, 4.69) is 21.2 Å². The molecule has 1 amide bonds. The minimum Gasteiger partial charge on any atom is -0.354 e. The lowest BCUT2D eigenvalue weighted by Crippen LogP contribution is -2.38. The molecular formula is C9H18BrNO2S. The molecule has 0 aromatic heterocycles. The highest BCUT2D eigenvalue weighted by Gasteiger charge is 2.19. The fraction of sp³-hybridized carbons (Fsp3) is 0.889. The van der Waals surface area contributed by atoms with Crippen LogP contribution in [-0.4, -0.2) is 33.0 Å². The highest BCUT2D eigenvalue weighted by Crippen LogP contribution is 2.11. The smallest absolute Gasteiger partial charge is 0.234 e. The van der Waals surface area contributed by atoms with Gasteiger partial charge in [0.25, 0.3) is 0 Å². The summed E-state index contributed by atoms with van der Waals surface area (Å²) < 4.78 is 11.0. The molecule has 0 saturated carbocycles. The lowest BCUT2D eigenvalue weighted by Gasteiger charge is -2.15. The molecule has 14 heavy (non-hydrogen) atoms. The van der Waals surface area contributed by atoms with E-state index < -0.39 is 10.8 Å². The third-order valence-electron chi connectivity index (χ3n) is 1.97. The van der Waals surface area contributed by atoms with Gasteiger partial charge < -0.3 is 5.32 Å². The van der Waals surface area contributed by atoms with Crippen LogP contribution in [0.3, 0.4) is 0 Å². The number of halogens is 1. The topological polar surface area (TPSA) is 46.2 Å². The van der Waals surface area contributed by atoms with Crippen molar-refractivity contribution in [3.05, 3.63) is 0 Å². The number of hydrogen-bond acceptors (Lipinski definition) is 2. The summed E-state index contributed by atoms with van der Waals surface area (Å²) in [4.78, 5) is 11.3. The summed E-state index contributed by atoms with van der Waals surface area (Å²) in [6.45, 7) is 6.27. The van der Waals surface area contributed by atoms with Crippen LogP contribution in [0, 0.1) is 5.92 Å². The molecule has 3 atom stereocenters. The van der Waals surface area contributed by atoms with Gasteiger partial charge in [0.2, 0.25) is 5.91 Å². The molecule has 0 aromatic carbocycles. The number of nitrogens with one attached hydrogen (secondary N) is 1. The first-order valence-electron chi connectivity index (χ1n) is 4.60. The molecule has 0 radical (unpaired) electrons. The zero-order valence-electron chi connectivity index (χ0n) is 9.04. The van der Waals surface area contributed by atoms with Crippen LogP contribution in [0.25, 0.3) is 0 Å². The number of alkyl halides is 1. The Labute approximate surface area is 96.6 Å². The van der Waals surface area contributed by atoms with Crippen LogP contribution in [0.2, 0.25) is 0 Å². The molecule has 3 unspecified atom stereocenters. The molecule has 5 heteroatoms. The lowest BCUT2D eigenvalue weighted by atomic mass is 10.1. The van der Waals surface area contributed by atoms with Gasteiger partial charge in [-0.1, -0.05) is 29.8 Å². The summed E-state index contributed by atoms with van der Waals surface area (Å²) in [5, 5.41) is 2.77. The molecule has 3 nitrogen and oxygen atoms in total. The Kier molecular flexibility index (Phi) is 6.61. The van der Waals surface area contributed by atoms with Gasteiger partial charge in [0.05, 0.1) is 4.83 Å². The fourth-order valence-electron chi connectivity index (χ4n) is 0.762. The molecule has 0 fully saturated rings. The van der Waals surface area contributed by atoms with E-state index in [4.69, 9.17) is 0 Å². The molecule has 1 N–H and O–H groups in total. The van der Waals surface area contributed by atoms with Crippen LogP contribution in [0.4, 0.5) is 0 Å². The molecule has 0 saturated heterocycles. The Bertz CT molecular complexity index is 221. The van der Waals surface area contributed by atoms with E-state index in [9.17, 15) is 9.00 Å². The molecule has 0 spiro atoms. The van der Waals surface area contributed by atoms with Crippen LogP contribution >= 0.6 is 15.9 Å². The zero-order valence-corrected chi connectivity index (χ0v) is 11.4. The Balaban J connectivity index is 3.91. The predicted molar refractivity (Wildman–Crippen MR) is 64.1 cm³/mol. The highest BCUT2D eigenvalue weighted by molar-refractivity contribution is 9.10. The Hall–Kier alpha value is 0.1000. The van der Waals surface area contributed by atoms with Gasteiger partial charge in [0.1, 0.15) is 0 Å². The number of carbonyl (C=O) groups excluding carboxylic acids is 1. The van der Waals surface area contributed by atoms with Gasteiger partial charge in [-0.25, -0.2) is 0 Å². The minimum atomic E-state index is -0.881. The van der Waals surface area contributed by atoms with E-state index in [0.717, 1.165) is 0 Å². The first-order valence-corrected chi connectivity index (χ1v) is 7.14. The molecule has 84 valence electrons. The first-order chi connectivity index (χ1) is 6.36. The maximum atomic E-state index is 11.5. The second-order valence-electron chi connectivity index (χ2n) is 3.70. The van der Waals surface area contributed by atoms with Crippen molar-refractivity contribution in [2.24, 2.45) is 5.92 Å². The van der Waals surface area contributed by atoms with Gasteiger partial charge in [-0.3, -0.25) is 9.00 Å². The summed E-state index contributed by atoms with van der Waals surface area (Å²) in [6, 6.07) is 0. The first kappa shape index (κ1) is 14.1. The normalized spacial score (nSPS) is 17.6. The Morgan fingerprint density at radius 1 is 1.43 bits per heavy atom. The van der Waals surface area contributed by atoms with Gasteiger partial charge in [-0.05, 0) is 12.8 Å². The maximum absolute atomic E-state index is 11.5. The van der Waals surface area contributed by atoms with Crippen molar-refractivity contribution >= 4 is 32.6 Å². The SMILES string of the molecule is CC(C)C(Br)C(=O)NCC(C)S(C)=O. The predicted octanol–water partition coefficient (Wildman–Crippen LogP) is 1.29. The number of carbonyl (C=O) groups is 1. The lowest BCUT2D eigenvalue weighted by molar-refractivity contribution is -0.121. The summed E-state index contributed by atoms with van der Waals surface area (Å²) in [5.74, 6) is 0.231. The quantitative estimate of drug-likeness (QED) is 0.773. The average molecular weight is 284 g/mol. The standard InChI is InChI=1S/C9H18BrNO2S/c1-6(2)8(10)9(12)11-5-7(3)14(4)13/h6-8H,5H2,1-4H3,(H,11,12). The van der Waals surface area contributed by atoms with Crippen molar-refractivity contribution in [2.75, 3.05) is 12.8 Å². The zero-order chi connectivity index (χ0) is 11.3. The highest BCUT2D eigenvalue weighted by atomic mass is 79.9. The fourth-order valence-corrected chi connectivity index (χ4v) is 1.24. The van der Waals surface area contributed by atoms with Gasteiger partial charge in [0.15, 0.2) is 0 Å². The molecule has 0 aliphatic heterocycles. The van der Waals surface area contributed by atoms with E-state index in [1.165, 1.54) is 0 Å². The molecule has 0 aromatic rings. The summed E-state index contributed by atoms with van der Waals surface area (Å²) in [7, 11) is -0.881. The van der Waals surface area contributed by atoms with Gasteiger partial charge >= 0.3 is 0 Å². The van der Waals surface area contributed by atoms with Gasteiger partial charge in [0, 0.05) is 28.9 Å². The number of amides is 1. The molecule has 0 heterocycles. The van der Waals surface area contributed by atoms with Gasteiger partial charge in [-0.15, -0.1) is 0 Å². The summed E-state index contributed by atoms with van der Waals surface area (Å²) in [5.41, 5.74) is 0. The van der Waals surface area contributed by atoms with Crippen molar-refractivity contribution < 1.29 is 9.00 Å². The monoisotopic (exact) mass is 283 g/mol. The van der Waals surface area contributed by atoms with Crippen molar-refractivity contribution in [3.63, 3.8) is 0 Å². The molecule has 0 bridgehead atoms. The number of rotatable bonds is 5. The molecule has 0 aliphatic carbocycles. The number of hydrogen-bond donors (Lipinski definition) is 1. The van der Waals surface area contributed by atoms with Crippen LogP contribution in [-0.2, 0) is 15.6 Å². The van der Waals surface area contributed by atoms with Crippen LogP contribution in [0.5, 0.6) is 0 Å². The van der Waals surface area contributed by atoms with Crippen molar-refractivity contribution in [1.82, 2.24) is 5.32 Å². The summed E-state index contributed by atoms with van der Waals surface area (Å²) >= 11 is 3.31. The largest absolute Gasteiger partial charge is 0.354 e. The third-order valence-corrected chi connectivity index (χ3v) is 4.74. The van der Waals surface area contributed by atoms with Crippen LogP contribution < -0.4 is 5.32 Å². The second kappa shape index (κ2) is 6.56. The Morgan fingerprint density at radius 2 is 1.93 bits per heavy atom. The van der Waals surface area contributed by atoms with E-state index in [-0.39, 0.29) is 21.9 Å². The Morgan fingerprint density at radius 3 is 2.29 bits per heavy atom. The minimum absolute atomic E-state index is 0.00538. The van der Waals surface area contributed by atoms with E-state index >= 15 is 0 Å². The van der Waals surface area contributed by atoms with Crippen LogP contribution in [0.15, 0.2) is 0 Å². The third kappa shape index (κ3) is 5.10. The van der Waals surface area contributed by atoms with E-state index in [1.54, 1.807) is 6.26 Å². The van der Waals surface area contributed by atoms with Crippen molar-refractivity contribution in [2.45, 2.75) is 30.8 Å². The molecule has 0 aliphatic rings. The van der Waals surface area contributed by atoms with Crippen LogP contribution in [0.1, 0.15) is 20.8 Å². The maximum Gasteiger partial charge on any atom is 0.234 e. The summed E-state index contributed by atoms with van der Waals surface area (Å²) in [6.07, 6.45) is 1.64. The average Bonchev–Trinajstić information content (AvgIpc) is 2.11. The van der Waals surface area contributed by atoms with Crippen molar-refractivity contribution in [1.29, 1.82) is 0 Å². The van der Waals surface area contributed by atoms with Gasteiger partial charge in [-0.2, -0.15) is 0 Å². The molecular weight excluding hydrogens is 266 g/mol. The van der Waals surface area contributed by atoms with Crippen molar-refractivity contribution in [3.8, 4) is 0 Å². The second-order valence-corrected chi connectivity index (χ2v) is 6.49. The van der Waals surface area contributed by atoms with E-state index in [0.29, 0.717) is 6.54 Å².